The minimum Gasteiger partial charge on any atom is -0.391 e. The van der Waals surface area contributed by atoms with Gasteiger partial charge in [0.05, 0.1) is 34.4 Å². The molecule has 4 amide bonds. The van der Waals surface area contributed by atoms with Gasteiger partial charge < -0.3 is 41.1 Å². The molecule has 3 saturated heterocycles. The van der Waals surface area contributed by atoms with Gasteiger partial charge in [-0.2, -0.15) is 4.98 Å². The number of nitrogens with zero attached hydrogens (tertiary/aromatic N) is 9. The second-order valence-electron chi connectivity index (χ2n) is 22.1. The lowest BCUT2D eigenvalue weighted by molar-refractivity contribution is -0.144. The first-order valence-corrected chi connectivity index (χ1v) is 28.6. The average molecular weight is 1100 g/mol. The zero-order valence-electron chi connectivity index (χ0n) is 45.8. The molecule has 0 bridgehead atoms. The summed E-state index contributed by atoms with van der Waals surface area (Å²) in [5.74, 6) is -0.381. The van der Waals surface area contributed by atoms with E-state index >= 15 is 0 Å². The van der Waals surface area contributed by atoms with Crippen molar-refractivity contribution >= 4 is 75.1 Å². The molecule has 418 valence electrons. The summed E-state index contributed by atoms with van der Waals surface area (Å²) >= 11 is 1.58. The quantitative estimate of drug-likeness (QED) is 0.0339. The molecular weight excluding hydrogens is 1020 g/mol. The highest BCUT2D eigenvalue weighted by molar-refractivity contribution is 7.13. The predicted octanol–water partition coefficient (Wildman–Crippen LogP) is 8.51. The number of rotatable bonds is 21. The van der Waals surface area contributed by atoms with Gasteiger partial charge in [-0.1, -0.05) is 70.9 Å². The maximum atomic E-state index is 14.1. The lowest BCUT2D eigenvalue weighted by atomic mass is 9.85. The largest absolute Gasteiger partial charge is 0.391 e. The number of piperidine rings is 1. The fourth-order valence-corrected chi connectivity index (χ4v) is 11.6. The molecule has 3 aromatic heterocycles. The van der Waals surface area contributed by atoms with Crippen molar-refractivity contribution in [3.63, 3.8) is 0 Å². The zero-order chi connectivity index (χ0) is 55.6. The van der Waals surface area contributed by atoms with Crippen LogP contribution in [0.4, 0.5) is 33.3 Å². The van der Waals surface area contributed by atoms with Crippen LogP contribution in [0.1, 0.15) is 95.9 Å². The Kier molecular flexibility index (Phi) is 18.3. The second-order valence-corrected chi connectivity index (χ2v) is 22.9. The van der Waals surface area contributed by atoms with Crippen LogP contribution in [0.15, 0.2) is 97.2 Å². The molecule has 4 atom stereocenters. The van der Waals surface area contributed by atoms with E-state index in [0.717, 1.165) is 111 Å². The number of benzene rings is 3. The number of carbonyl (C=O) groups is 4. The third-order valence-corrected chi connectivity index (χ3v) is 16.2. The number of amides is 4. The molecule has 0 saturated carbocycles. The average Bonchev–Trinajstić information content (AvgIpc) is 4.38. The number of hydrogen-bond acceptors (Lipinski definition) is 14. The van der Waals surface area contributed by atoms with Crippen molar-refractivity contribution in [2.24, 2.45) is 5.41 Å². The summed E-state index contributed by atoms with van der Waals surface area (Å²) in [5.41, 5.74) is 8.03. The number of likely N-dealkylation sites (tertiary alicyclic amines) is 2. The van der Waals surface area contributed by atoms with Gasteiger partial charge in [-0.3, -0.25) is 28.6 Å². The van der Waals surface area contributed by atoms with Gasteiger partial charge in [-0.25, -0.2) is 19.3 Å². The highest BCUT2D eigenvalue weighted by atomic mass is 32.1. The number of aromatic nitrogens is 5. The van der Waals surface area contributed by atoms with Gasteiger partial charge in [-0.05, 0) is 110 Å². The van der Waals surface area contributed by atoms with Crippen LogP contribution in [0.25, 0.3) is 21.6 Å². The molecule has 3 aliphatic rings. The number of thiazole rings is 1. The van der Waals surface area contributed by atoms with E-state index in [1.54, 1.807) is 34.6 Å². The molecule has 18 nitrogen and oxygen atoms in total. The van der Waals surface area contributed by atoms with Crippen molar-refractivity contribution in [2.75, 3.05) is 67.9 Å². The van der Waals surface area contributed by atoms with E-state index in [2.05, 4.69) is 59.7 Å². The summed E-state index contributed by atoms with van der Waals surface area (Å²) in [6.07, 6.45) is 9.07. The monoisotopic (exact) mass is 1100 g/mol. The molecule has 6 aromatic rings. The summed E-state index contributed by atoms with van der Waals surface area (Å²) in [6, 6.07) is 20.5. The highest BCUT2D eigenvalue weighted by Gasteiger charge is 2.44. The lowest BCUT2D eigenvalue weighted by Crippen LogP contribution is -2.57. The molecule has 0 unspecified atom stereocenters. The Morgan fingerprint density at radius 1 is 0.861 bits per heavy atom. The van der Waals surface area contributed by atoms with Gasteiger partial charge in [0.15, 0.2) is 5.65 Å². The van der Waals surface area contributed by atoms with Crippen LogP contribution >= 0.6 is 11.3 Å². The molecule has 3 aromatic carbocycles. The van der Waals surface area contributed by atoms with Crippen molar-refractivity contribution in [3.8, 4) is 10.4 Å². The van der Waals surface area contributed by atoms with Crippen LogP contribution in [-0.4, -0.2) is 138 Å². The van der Waals surface area contributed by atoms with Crippen molar-refractivity contribution in [2.45, 2.75) is 116 Å². The smallest absolute Gasteiger partial charge is 0.246 e. The van der Waals surface area contributed by atoms with Crippen LogP contribution in [0.2, 0.25) is 0 Å². The van der Waals surface area contributed by atoms with Gasteiger partial charge in [0.2, 0.25) is 35.5 Å². The number of β-amino-alcohol motifs (C(OH)–C–C–N with tert-alkyl or cyclic N) is 1. The van der Waals surface area contributed by atoms with Crippen molar-refractivity contribution in [3.05, 3.63) is 114 Å². The van der Waals surface area contributed by atoms with Crippen molar-refractivity contribution in [1.29, 1.82) is 0 Å². The van der Waals surface area contributed by atoms with Gasteiger partial charge in [0.25, 0.3) is 0 Å². The molecule has 3 aliphatic heterocycles. The van der Waals surface area contributed by atoms with E-state index in [4.69, 9.17) is 9.97 Å². The Labute approximate surface area is 465 Å². The van der Waals surface area contributed by atoms with Gasteiger partial charge in [0, 0.05) is 82.3 Å². The summed E-state index contributed by atoms with van der Waals surface area (Å²) < 4.78 is 15.8. The molecule has 9 rings (SSSR count). The molecule has 3 fully saturated rings. The Hall–Kier alpha value is -7.29. The fourth-order valence-electron chi connectivity index (χ4n) is 10.8. The summed E-state index contributed by atoms with van der Waals surface area (Å²) in [5, 5.41) is 23.3. The first-order chi connectivity index (χ1) is 38.1. The van der Waals surface area contributed by atoms with Crippen LogP contribution in [-0.2, 0) is 25.7 Å². The number of imidazole rings is 1. The SMILES string of the molecule is C=CC(=O)N1CCC[C@H](n2c(Nc3ccc(F)cc3)nc3cnc(Nc4ccc(N5CCN(CCCCCCCC(=O)N[C@H](C(=O)N6C[C@H](O)C[C@H]6C(=O)NCc6ccc(-c7scnc7C)cc6)C(C)(C)C)CC5)cc4)nc32)C1. The van der Waals surface area contributed by atoms with Crippen molar-refractivity contribution < 1.29 is 28.7 Å². The first-order valence-electron chi connectivity index (χ1n) is 27.7. The third kappa shape index (κ3) is 14.3. The second kappa shape index (κ2) is 25.7. The molecule has 79 heavy (non-hydrogen) atoms. The van der Waals surface area contributed by atoms with E-state index in [1.165, 1.54) is 23.1 Å². The Bertz CT molecular complexity index is 3060. The number of nitrogens with one attached hydrogen (secondary N) is 4. The molecule has 0 aliphatic carbocycles. The summed E-state index contributed by atoms with van der Waals surface area (Å²) in [4.78, 5) is 81.5. The number of halogens is 1. The topological polar surface area (TPSA) is 206 Å². The summed E-state index contributed by atoms with van der Waals surface area (Å²) in [7, 11) is 0. The Morgan fingerprint density at radius 2 is 1.57 bits per heavy atom. The van der Waals surface area contributed by atoms with E-state index < -0.39 is 23.6 Å². The summed E-state index contributed by atoms with van der Waals surface area (Å²) in [6.45, 7) is 17.6. The standard InChI is InChI=1S/C59H74FN13O5S/c1-6-51(76)71-28-12-13-46(36-71)73-54-48(66-58(73)65-44-21-19-42(60)20-22-44)35-62-57(68-54)64-43-23-25-45(26-24-43)70-31-29-69(30-32-70)27-11-9-7-8-10-14-50(75)67-53(59(3,4)5)56(78)72-37-47(74)33-49(72)55(77)61-34-40-15-17-41(18-16-40)52-39(2)63-38-79-52/h6,15-26,35,38,46-47,49,53,74H,1,7-14,27-34,36-37H2,2-5H3,(H,61,77)(H,65,66)(H,67,75)(H,62,64,68)/t46-,47+,49-,53+/m0/s1. The Morgan fingerprint density at radius 3 is 2.28 bits per heavy atom. The molecule has 5 N–H and O–H groups in total. The van der Waals surface area contributed by atoms with Gasteiger partial charge in [-0.15, -0.1) is 11.3 Å². The molecular formula is C59H74FN13O5S. The van der Waals surface area contributed by atoms with Crippen LogP contribution in [0.5, 0.6) is 0 Å². The molecule has 0 spiro atoms. The minimum absolute atomic E-state index is 0.0313. The number of piperazine rings is 1. The van der Waals surface area contributed by atoms with Crippen molar-refractivity contribution in [1.82, 2.24) is 49.8 Å². The number of anilines is 5. The molecule has 20 heteroatoms. The first kappa shape index (κ1) is 56.4. The molecule has 0 radical (unpaired) electrons. The van der Waals surface area contributed by atoms with E-state index in [1.807, 2.05) is 74.2 Å². The van der Waals surface area contributed by atoms with E-state index in [0.29, 0.717) is 48.3 Å². The number of aryl methyl sites for hydroxylation is 1. The molecule has 6 heterocycles. The van der Waals surface area contributed by atoms with Crippen LogP contribution in [0, 0.1) is 18.2 Å². The van der Waals surface area contributed by atoms with E-state index in [-0.39, 0.29) is 55.0 Å². The van der Waals surface area contributed by atoms with Crippen LogP contribution < -0.4 is 26.2 Å². The lowest BCUT2D eigenvalue weighted by Gasteiger charge is -2.36. The fraction of sp³-hybridized carbons (Fsp3) is 0.458. The predicted molar refractivity (Wildman–Crippen MR) is 308 cm³/mol. The number of carbonyl (C=O) groups excluding carboxylic acids is 4. The van der Waals surface area contributed by atoms with Gasteiger partial charge >= 0.3 is 0 Å². The normalized spacial score (nSPS) is 18.4. The van der Waals surface area contributed by atoms with Gasteiger partial charge in [0.1, 0.15) is 23.4 Å². The number of fused-ring (bicyclic) bond motifs is 1. The highest BCUT2D eigenvalue weighted by Crippen LogP contribution is 2.33. The minimum atomic E-state index is -0.854. The maximum absolute atomic E-state index is 14.1. The van der Waals surface area contributed by atoms with Crippen LogP contribution in [0.3, 0.4) is 0 Å². The van der Waals surface area contributed by atoms with E-state index in [9.17, 15) is 28.7 Å². The number of hydrogen-bond donors (Lipinski definition) is 5. The number of aliphatic hydroxyl groups excluding tert-OH is 1. The number of aliphatic hydroxyl groups is 1. The zero-order valence-corrected chi connectivity index (χ0v) is 46.6. The Balaban J connectivity index is 0.687. The number of unbranched alkanes of at least 4 members (excludes halogenated alkanes) is 4. The maximum Gasteiger partial charge on any atom is 0.246 e. The third-order valence-electron chi connectivity index (χ3n) is 15.2.